The van der Waals surface area contributed by atoms with Gasteiger partial charge in [-0.1, -0.05) is 24.6 Å². The standard InChI is InChI=1S/C13H19ClN2OS/c1-10(8-15)9-18-6-5-13(17)16-12-4-2-3-11(14)7-12/h2-4,7,10H,5-6,8-9,15H2,1H3,(H,16,17). The number of amides is 1. The van der Waals surface area contributed by atoms with Gasteiger partial charge in [0.2, 0.25) is 5.91 Å². The van der Waals surface area contributed by atoms with Crippen molar-refractivity contribution in [2.45, 2.75) is 13.3 Å². The van der Waals surface area contributed by atoms with Crippen molar-refractivity contribution >= 4 is 35.0 Å². The molecule has 1 atom stereocenters. The lowest BCUT2D eigenvalue weighted by atomic mass is 10.2. The summed E-state index contributed by atoms with van der Waals surface area (Å²) in [7, 11) is 0. The summed E-state index contributed by atoms with van der Waals surface area (Å²) in [6, 6.07) is 7.16. The lowest BCUT2D eigenvalue weighted by Crippen LogP contribution is -2.15. The predicted octanol–water partition coefficient (Wildman–Crippen LogP) is 3.00. The Balaban J connectivity index is 2.22. The van der Waals surface area contributed by atoms with E-state index in [1.165, 1.54) is 0 Å². The van der Waals surface area contributed by atoms with E-state index < -0.39 is 0 Å². The van der Waals surface area contributed by atoms with Gasteiger partial charge in [-0.15, -0.1) is 0 Å². The van der Waals surface area contributed by atoms with Gasteiger partial charge in [-0.2, -0.15) is 11.8 Å². The molecule has 3 N–H and O–H groups in total. The fourth-order valence-electron chi connectivity index (χ4n) is 1.31. The molecule has 1 amide bonds. The Morgan fingerprint density at radius 3 is 3.00 bits per heavy atom. The van der Waals surface area contributed by atoms with Crippen molar-refractivity contribution < 1.29 is 4.79 Å². The van der Waals surface area contributed by atoms with Crippen molar-refractivity contribution in [3.63, 3.8) is 0 Å². The van der Waals surface area contributed by atoms with Crippen molar-refractivity contribution in [3.05, 3.63) is 29.3 Å². The molecule has 0 heterocycles. The largest absolute Gasteiger partial charge is 0.330 e. The van der Waals surface area contributed by atoms with Crippen LogP contribution in [0.5, 0.6) is 0 Å². The fourth-order valence-corrected chi connectivity index (χ4v) is 2.53. The van der Waals surface area contributed by atoms with Crippen LogP contribution in [-0.4, -0.2) is 24.0 Å². The molecular weight excluding hydrogens is 268 g/mol. The summed E-state index contributed by atoms with van der Waals surface area (Å²) in [4.78, 5) is 11.6. The number of rotatable bonds is 7. The van der Waals surface area contributed by atoms with E-state index >= 15 is 0 Å². The molecule has 0 saturated heterocycles. The van der Waals surface area contributed by atoms with E-state index in [0.29, 0.717) is 23.9 Å². The van der Waals surface area contributed by atoms with Gasteiger partial charge in [0.05, 0.1) is 0 Å². The van der Waals surface area contributed by atoms with E-state index in [1.54, 1.807) is 23.9 Å². The second-order valence-electron chi connectivity index (χ2n) is 4.22. The molecule has 0 radical (unpaired) electrons. The summed E-state index contributed by atoms with van der Waals surface area (Å²) >= 11 is 7.60. The third kappa shape index (κ3) is 6.28. The molecule has 0 aliphatic carbocycles. The molecule has 0 spiro atoms. The van der Waals surface area contributed by atoms with E-state index in [2.05, 4.69) is 12.2 Å². The maximum atomic E-state index is 11.6. The smallest absolute Gasteiger partial charge is 0.225 e. The number of nitrogens with one attached hydrogen (secondary N) is 1. The highest BCUT2D eigenvalue weighted by Gasteiger charge is 2.04. The first-order valence-electron chi connectivity index (χ1n) is 5.95. The van der Waals surface area contributed by atoms with Crippen LogP contribution >= 0.6 is 23.4 Å². The van der Waals surface area contributed by atoms with Crippen LogP contribution in [0.1, 0.15) is 13.3 Å². The van der Waals surface area contributed by atoms with Crippen LogP contribution in [0.4, 0.5) is 5.69 Å². The first kappa shape index (κ1) is 15.3. The van der Waals surface area contributed by atoms with Crippen LogP contribution in [0, 0.1) is 5.92 Å². The van der Waals surface area contributed by atoms with Gasteiger partial charge >= 0.3 is 0 Å². The summed E-state index contributed by atoms with van der Waals surface area (Å²) in [5.74, 6) is 2.34. The highest BCUT2D eigenvalue weighted by atomic mass is 35.5. The van der Waals surface area contributed by atoms with Crippen LogP contribution in [0.2, 0.25) is 5.02 Å². The molecule has 0 aromatic heterocycles. The van der Waals surface area contributed by atoms with E-state index in [0.717, 1.165) is 17.2 Å². The molecule has 1 unspecified atom stereocenters. The van der Waals surface area contributed by atoms with Gasteiger partial charge in [0.1, 0.15) is 0 Å². The summed E-state index contributed by atoms with van der Waals surface area (Å²) in [6.45, 7) is 2.81. The Hall–Kier alpha value is -0.710. The Kier molecular flexibility index (Phi) is 7.16. The quantitative estimate of drug-likeness (QED) is 0.758. The minimum Gasteiger partial charge on any atom is -0.330 e. The minimum atomic E-state index is 0.0187. The van der Waals surface area contributed by atoms with E-state index in [1.807, 2.05) is 12.1 Å². The monoisotopic (exact) mass is 286 g/mol. The van der Waals surface area contributed by atoms with Gasteiger partial charge in [-0.05, 0) is 36.4 Å². The van der Waals surface area contributed by atoms with Gasteiger partial charge in [0.15, 0.2) is 0 Å². The van der Waals surface area contributed by atoms with Crippen LogP contribution in [0.25, 0.3) is 0 Å². The number of carbonyl (C=O) groups is 1. The molecule has 1 aromatic carbocycles. The molecule has 0 bridgehead atoms. The molecule has 0 fully saturated rings. The van der Waals surface area contributed by atoms with E-state index in [4.69, 9.17) is 17.3 Å². The lowest BCUT2D eigenvalue weighted by Gasteiger charge is -2.08. The number of carbonyl (C=O) groups excluding carboxylic acids is 1. The number of hydrogen-bond donors (Lipinski definition) is 2. The van der Waals surface area contributed by atoms with Crippen LogP contribution < -0.4 is 11.1 Å². The van der Waals surface area contributed by atoms with Crippen LogP contribution in [0.3, 0.4) is 0 Å². The number of benzene rings is 1. The molecular formula is C13H19ClN2OS. The Morgan fingerprint density at radius 2 is 2.33 bits per heavy atom. The zero-order chi connectivity index (χ0) is 13.4. The summed E-state index contributed by atoms with van der Waals surface area (Å²) in [5.41, 5.74) is 6.27. The first-order valence-corrected chi connectivity index (χ1v) is 7.48. The van der Waals surface area contributed by atoms with Crippen molar-refractivity contribution in [1.82, 2.24) is 0 Å². The Morgan fingerprint density at radius 1 is 1.56 bits per heavy atom. The zero-order valence-electron chi connectivity index (χ0n) is 10.5. The Bertz CT molecular complexity index is 387. The molecule has 3 nitrogen and oxygen atoms in total. The molecule has 1 aromatic rings. The number of halogens is 1. The summed E-state index contributed by atoms with van der Waals surface area (Å²) in [5, 5.41) is 3.45. The normalized spacial score (nSPS) is 12.2. The number of anilines is 1. The average molecular weight is 287 g/mol. The maximum Gasteiger partial charge on any atom is 0.225 e. The predicted molar refractivity (Wildman–Crippen MR) is 80.2 cm³/mol. The lowest BCUT2D eigenvalue weighted by molar-refractivity contribution is -0.115. The van der Waals surface area contributed by atoms with Gasteiger partial charge in [-0.3, -0.25) is 4.79 Å². The van der Waals surface area contributed by atoms with Crippen molar-refractivity contribution in [3.8, 4) is 0 Å². The Labute approximate surface area is 117 Å². The number of thioether (sulfide) groups is 1. The second-order valence-corrected chi connectivity index (χ2v) is 5.81. The number of hydrogen-bond acceptors (Lipinski definition) is 3. The zero-order valence-corrected chi connectivity index (χ0v) is 12.1. The van der Waals surface area contributed by atoms with Crippen molar-refractivity contribution in [2.24, 2.45) is 11.7 Å². The van der Waals surface area contributed by atoms with Gasteiger partial charge in [0.25, 0.3) is 0 Å². The maximum absolute atomic E-state index is 11.6. The molecule has 0 saturated carbocycles. The fraction of sp³-hybridized carbons (Fsp3) is 0.462. The highest BCUT2D eigenvalue weighted by molar-refractivity contribution is 7.99. The van der Waals surface area contributed by atoms with Crippen molar-refractivity contribution in [1.29, 1.82) is 0 Å². The SMILES string of the molecule is CC(CN)CSCCC(=O)Nc1cccc(Cl)c1. The summed E-state index contributed by atoms with van der Waals surface area (Å²) < 4.78 is 0. The van der Waals surface area contributed by atoms with E-state index in [9.17, 15) is 4.79 Å². The van der Waals surface area contributed by atoms with Crippen molar-refractivity contribution in [2.75, 3.05) is 23.4 Å². The molecule has 100 valence electrons. The van der Waals surface area contributed by atoms with Gasteiger partial charge < -0.3 is 11.1 Å². The summed E-state index contributed by atoms with van der Waals surface area (Å²) in [6.07, 6.45) is 0.508. The molecule has 0 aliphatic heterocycles. The minimum absolute atomic E-state index is 0.0187. The third-order valence-electron chi connectivity index (χ3n) is 2.39. The number of nitrogens with two attached hydrogens (primary N) is 1. The van der Waals surface area contributed by atoms with Crippen LogP contribution in [0.15, 0.2) is 24.3 Å². The topological polar surface area (TPSA) is 55.1 Å². The van der Waals surface area contributed by atoms with Crippen LogP contribution in [-0.2, 0) is 4.79 Å². The molecule has 1 rings (SSSR count). The molecule has 5 heteroatoms. The average Bonchev–Trinajstić information content (AvgIpc) is 2.34. The molecule has 0 aliphatic rings. The highest BCUT2D eigenvalue weighted by Crippen LogP contribution is 2.15. The molecule has 18 heavy (non-hydrogen) atoms. The van der Waals surface area contributed by atoms with E-state index in [-0.39, 0.29) is 5.91 Å². The van der Waals surface area contributed by atoms with Gasteiger partial charge in [0, 0.05) is 22.9 Å². The van der Waals surface area contributed by atoms with Gasteiger partial charge in [-0.25, -0.2) is 0 Å². The first-order chi connectivity index (χ1) is 8.61. The second kappa shape index (κ2) is 8.40. The third-order valence-corrected chi connectivity index (χ3v) is 3.92.